The lowest BCUT2D eigenvalue weighted by Gasteiger charge is -2.07. The minimum Gasteiger partial charge on any atom is -0.495 e. The molecule has 2 unspecified atom stereocenters. The van der Waals surface area contributed by atoms with Crippen molar-refractivity contribution in [2.24, 2.45) is 5.92 Å². The average molecular weight is 475 g/mol. The quantitative estimate of drug-likeness (QED) is 0.323. The van der Waals surface area contributed by atoms with Crippen molar-refractivity contribution in [2.45, 2.75) is 89.2 Å². The zero-order valence-electron chi connectivity index (χ0n) is 23.3. The maximum absolute atomic E-state index is 5.33. The first-order valence-electron chi connectivity index (χ1n) is 12.3. The van der Waals surface area contributed by atoms with E-state index in [-0.39, 0.29) is 0 Å². The Balaban J connectivity index is -0.000000339. The van der Waals surface area contributed by atoms with E-state index in [1.807, 2.05) is 85.7 Å². The molecule has 0 aliphatic carbocycles. The van der Waals surface area contributed by atoms with Crippen LogP contribution in [0.3, 0.4) is 0 Å². The Labute approximate surface area is 209 Å². The highest BCUT2D eigenvalue weighted by molar-refractivity contribution is 7.09. The van der Waals surface area contributed by atoms with Gasteiger partial charge in [-0.15, -0.1) is 11.3 Å². The van der Waals surface area contributed by atoms with Gasteiger partial charge in [-0.25, -0.2) is 0 Å². The summed E-state index contributed by atoms with van der Waals surface area (Å²) in [6.07, 6.45) is 4.22. The van der Waals surface area contributed by atoms with Gasteiger partial charge < -0.3 is 9.15 Å². The molecule has 33 heavy (non-hydrogen) atoms. The Morgan fingerprint density at radius 3 is 1.42 bits per heavy atom. The van der Waals surface area contributed by atoms with Crippen molar-refractivity contribution < 1.29 is 9.15 Å². The number of hydrogen-bond acceptors (Lipinski definition) is 3. The highest BCUT2D eigenvalue weighted by atomic mass is 32.1. The zero-order chi connectivity index (χ0) is 26.1. The van der Waals surface area contributed by atoms with Crippen molar-refractivity contribution >= 4 is 11.3 Å². The maximum atomic E-state index is 5.33. The fraction of sp³-hybridized carbons (Fsp3) is 0.467. The van der Waals surface area contributed by atoms with Crippen LogP contribution in [0.25, 0.3) is 0 Å². The smallest absolute Gasteiger partial charge is 0.101 e. The van der Waals surface area contributed by atoms with E-state index in [4.69, 9.17) is 9.15 Å². The van der Waals surface area contributed by atoms with E-state index in [0.29, 0.717) is 12.0 Å². The van der Waals surface area contributed by atoms with Crippen molar-refractivity contribution in [3.05, 3.63) is 94.3 Å². The normalized spacial score (nSPS) is 14.5. The minimum absolute atomic E-state index is 0.398. The standard InChI is InChI=1S/C7H12O.C7H8.C5H6O.C5H6S.3C2H6/c1-5-4-6(2)8-7(5)3;1-7-5-3-2-4-6-7;2*1-5-3-2-4-6-5;3*1-2/h4-5,7H,1-3H3;2-6H,1H3;2*2-4H,1H3;3*1-2H3. The summed E-state index contributed by atoms with van der Waals surface area (Å²) in [6, 6.07) is 18.2. The first-order valence-corrected chi connectivity index (χ1v) is 13.1. The summed E-state index contributed by atoms with van der Waals surface area (Å²) >= 11 is 1.78. The molecule has 2 atom stereocenters. The van der Waals surface area contributed by atoms with E-state index in [0.717, 1.165) is 11.5 Å². The molecule has 0 spiro atoms. The molecular weight excluding hydrogens is 424 g/mol. The van der Waals surface area contributed by atoms with Gasteiger partial charge in [0.1, 0.15) is 11.9 Å². The maximum Gasteiger partial charge on any atom is 0.101 e. The molecule has 1 aromatic carbocycles. The molecule has 0 radical (unpaired) electrons. The molecule has 2 aromatic heterocycles. The van der Waals surface area contributed by atoms with Gasteiger partial charge >= 0.3 is 0 Å². The van der Waals surface area contributed by atoms with Gasteiger partial charge in [0, 0.05) is 10.8 Å². The second-order valence-corrected chi connectivity index (χ2v) is 7.71. The summed E-state index contributed by atoms with van der Waals surface area (Å²) in [6.45, 7) is 24.4. The molecule has 0 saturated heterocycles. The number of furan rings is 1. The fourth-order valence-electron chi connectivity index (χ4n) is 2.20. The van der Waals surface area contributed by atoms with Gasteiger partial charge in [-0.2, -0.15) is 0 Å². The number of thiophene rings is 1. The third-order valence-corrected chi connectivity index (χ3v) is 4.68. The summed E-state index contributed by atoms with van der Waals surface area (Å²) < 4.78 is 10.2. The molecule has 0 N–H and O–H groups in total. The number of rotatable bonds is 0. The molecule has 2 nitrogen and oxygen atoms in total. The number of benzene rings is 1. The van der Waals surface area contributed by atoms with Crippen molar-refractivity contribution in [2.75, 3.05) is 0 Å². The first kappa shape index (κ1) is 35.3. The van der Waals surface area contributed by atoms with Gasteiger partial charge in [0.15, 0.2) is 0 Å². The molecular formula is C30H50O2S. The molecule has 3 heteroatoms. The third-order valence-electron chi connectivity index (χ3n) is 3.88. The van der Waals surface area contributed by atoms with Gasteiger partial charge in [-0.3, -0.25) is 0 Å². The van der Waals surface area contributed by atoms with Crippen LogP contribution in [0.2, 0.25) is 0 Å². The lowest BCUT2D eigenvalue weighted by atomic mass is 10.1. The van der Waals surface area contributed by atoms with Crippen LogP contribution in [0.4, 0.5) is 0 Å². The largest absolute Gasteiger partial charge is 0.495 e. The summed E-state index contributed by atoms with van der Waals surface area (Å²) in [4.78, 5) is 1.38. The SMILES string of the molecule is CC.CC.CC.CC1=CC(C)C(C)O1.Cc1ccccc1.Cc1ccco1.Cc1cccs1. The van der Waals surface area contributed by atoms with Gasteiger partial charge in [-0.1, -0.05) is 90.4 Å². The molecule has 1 aliphatic heterocycles. The summed E-state index contributed by atoms with van der Waals surface area (Å²) in [7, 11) is 0. The second kappa shape index (κ2) is 26.0. The monoisotopic (exact) mass is 474 g/mol. The van der Waals surface area contributed by atoms with Crippen molar-refractivity contribution in [1.29, 1.82) is 0 Å². The van der Waals surface area contributed by atoms with Gasteiger partial charge in [-0.05, 0) is 64.3 Å². The van der Waals surface area contributed by atoms with Crippen molar-refractivity contribution in [3.8, 4) is 0 Å². The Morgan fingerprint density at radius 2 is 1.27 bits per heavy atom. The molecule has 4 rings (SSSR count). The molecule has 0 fully saturated rings. The van der Waals surface area contributed by atoms with E-state index >= 15 is 0 Å². The second-order valence-electron chi connectivity index (χ2n) is 6.56. The highest BCUT2D eigenvalue weighted by Gasteiger charge is 2.17. The van der Waals surface area contributed by atoms with Crippen LogP contribution in [0, 0.1) is 26.7 Å². The fourth-order valence-corrected chi connectivity index (χ4v) is 2.73. The summed E-state index contributed by atoms with van der Waals surface area (Å²) in [5, 5.41) is 2.08. The topological polar surface area (TPSA) is 22.4 Å². The highest BCUT2D eigenvalue weighted by Crippen LogP contribution is 2.21. The average Bonchev–Trinajstić information content (AvgIpc) is 3.58. The van der Waals surface area contributed by atoms with E-state index < -0.39 is 0 Å². The Kier molecular flexibility index (Phi) is 27.8. The molecule has 0 saturated carbocycles. The van der Waals surface area contributed by atoms with Gasteiger partial charge in [0.25, 0.3) is 0 Å². The predicted octanol–water partition coefficient (Wildman–Crippen LogP) is 10.7. The van der Waals surface area contributed by atoms with Crippen LogP contribution < -0.4 is 0 Å². The van der Waals surface area contributed by atoms with Crippen LogP contribution in [-0.2, 0) is 4.74 Å². The zero-order valence-corrected chi connectivity index (χ0v) is 24.1. The van der Waals surface area contributed by atoms with Crippen LogP contribution in [0.1, 0.15) is 78.5 Å². The molecule has 3 heterocycles. The van der Waals surface area contributed by atoms with E-state index in [1.165, 1.54) is 10.4 Å². The predicted molar refractivity (Wildman–Crippen MR) is 151 cm³/mol. The Morgan fingerprint density at radius 1 is 0.697 bits per heavy atom. The number of aryl methyl sites for hydroxylation is 3. The molecule has 0 bridgehead atoms. The first-order chi connectivity index (χ1) is 15.9. The van der Waals surface area contributed by atoms with Crippen LogP contribution in [0.5, 0.6) is 0 Å². The molecule has 188 valence electrons. The molecule has 3 aromatic rings. The van der Waals surface area contributed by atoms with Gasteiger partial charge in [0.2, 0.25) is 0 Å². The number of allylic oxidation sites excluding steroid dienone is 1. The van der Waals surface area contributed by atoms with E-state index in [9.17, 15) is 0 Å². The Hall–Kier alpha value is -2.26. The van der Waals surface area contributed by atoms with Crippen LogP contribution >= 0.6 is 11.3 Å². The van der Waals surface area contributed by atoms with E-state index in [2.05, 4.69) is 63.4 Å². The Bertz CT molecular complexity index is 697. The third kappa shape index (κ3) is 22.7. The van der Waals surface area contributed by atoms with E-state index in [1.54, 1.807) is 17.6 Å². The lowest BCUT2D eigenvalue weighted by molar-refractivity contribution is 0.135. The molecule has 1 aliphatic rings. The minimum atomic E-state index is 0.398. The van der Waals surface area contributed by atoms with Crippen LogP contribution in [0.15, 0.2) is 82.5 Å². The lowest BCUT2D eigenvalue weighted by Crippen LogP contribution is -2.07. The molecule has 0 amide bonds. The van der Waals surface area contributed by atoms with Crippen molar-refractivity contribution in [1.82, 2.24) is 0 Å². The number of ether oxygens (including phenoxy) is 1. The van der Waals surface area contributed by atoms with Crippen LogP contribution in [-0.4, -0.2) is 6.10 Å². The summed E-state index contributed by atoms with van der Waals surface area (Å²) in [5.41, 5.74) is 1.32. The van der Waals surface area contributed by atoms with Gasteiger partial charge in [0.05, 0.1) is 12.0 Å². The van der Waals surface area contributed by atoms with Crippen molar-refractivity contribution in [3.63, 3.8) is 0 Å². The number of hydrogen-bond donors (Lipinski definition) is 0. The summed E-state index contributed by atoms with van der Waals surface area (Å²) in [5.74, 6) is 2.65.